The first-order valence-electron chi connectivity index (χ1n) is 13.8. The number of amides is 3. The van der Waals surface area contributed by atoms with Crippen LogP contribution >= 0.6 is 0 Å². The fraction of sp³-hybridized carbons (Fsp3) is 0.577. The van der Waals surface area contributed by atoms with E-state index in [1.54, 1.807) is 0 Å². The number of carbonyl (C=O) groups is 2. The minimum absolute atomic E-state index is 0.0329. The lowest BCUT2D eigenvalue weighted by Gasteiger charge is -2.25. The number of hydrogen-bond donors (Lipinski definition) is 2. The third-order valence-electron chi connectivity index (χ3n) is 8.99. The summed E-state index contributed by atoms with van der Waals surface area (Å²) in [4.78, 5) is 31.3. The van der Waals surface area contributed by atoms with E-state index in [9.17, 15) is 36.8 Å². The van der Waals surface area contributed by atoms with Gasteiger partial charge in [-0.25, -0.2) is 27.7 Å². The third kappa shape index (κ3) is 4.72. The van der Waals surface area contributed by atoms with E-state index in [1.165, 1.54) is 23.0 Å². The molecule has 4 aliphatic rings. The number of imidazole rings is 1. The number of aromatic nitrogens is 5. The van der Waals surface area contributed by atoms with Crippen LogP contribution in [0.5, 0.6) is 0 Å². The monoisotopic (exact) mass is 605 g/mol. The number of carbonyl (C=O) groups excluding carboxylic acids is 2. The number of halogens is 5. The van der Waals surface area contributed by atoms with Crippen LogP contribution in [-0.4, -0.2) is 66.4 Å². The van der Waals surface area contributed by atoms with E-state index in [4.69, 9.17) is 4.63 Å². The predicted molar refractivity (Wildman–Crippen MR) is 132 cm³/mol. The quantitative estimate of drug-likeness (QED) is 0.369. The van der Waals surface area contributed by atoms with Crippen LogP contribution in [0.25, 0.3) is 5.65 Å². The lowest BCUT2D eigenvalue weighted by Crippen LogP contribution is -2.40. The maximum absolute atomic E-state index is 14.0. The summed E-state index contributed by atoms with van der Waals surface area (Å²) >= 11 is 0. The highest BCUT2D eigenvalue weighted by molar-refractivity contribution is 5.93. The summed E-state index contributed by atoms with van der Waals surface area (Å²) in [5, 5.41) is 26.1. The molecular weight excluding hydrogens is 581 g/mol. The number of hydrogen-bond acceptors (Lipinski definition) is 8. The van der Waals surface area contributed by atoms with Gasteiger partial charge in [-0.1, -0.05) is 5.16 Å². The Kier molecular flexibility index (Phi) is 6.12. The highest BCUT2D eigenvalue weighted by atomic mass is 19.4. The molecule has 3 aromatic rings. The van der Waals surface area contributed by atoms with E-state index >= 15 is 0 Å². The Morgan fingerprint density at radius 3 is 2.65 bits per heavy atom. The van der Waals surface area contributed by atoms with Crippen molar-refractivity contribution in [1.82, 2.24) is 40.4 Å². The van der Waals surface area contributed by atoms with Gasteiger partial charge in [0.15, 0.2) is 11.3 Å². The van der Waals surface area contributed by atoms with Crippen molar-refractivity contribution in [3.63, 3.8) is 0 Å². The zero-order valence-corrected chi connectivity index (χ0v) is 22.3. The molecule has 0 bridgehead atoms. The molecule has 3 amide bonds. The molecule has 4 fully saturated rings. The van der Waals surface area contributed by atoms with Crippen molar-refractivity contribution < 1.29 is 36.2 Å². The molecule has 3 saturated carbocycles. The Bertz CT molecular complexity index is 1630. The smallest absolute Gasteiger partial charge is 0.342 e. The molecule has 1 unspecified atom stereocenters. The number of nitrogens with zero attached hydrogens (tertiary/aromatic N) is 7. The maximum atomic E-state index is 14.0. The Labute approximate surface area is 239 Å². The number of fused-ring (bicyclic) bond motifs is 2. The van der Waals surface area contributed by atoms with Crippen molar-refractivity contribution in [2.75, 3.05) is 6.54 Å². The maximum Gasteiger partial charge on any atom is 0.410 e. The largest absolute Gasteiger partial charge is 0.410 e. The molecule has 1 aliphatic heterocycles. The first kappa shape index (κ1) is 27.5. The van der Waals surface area contributed by atoms with E-state index in [-0.39, 0.29) is 48.0 Å². The minimum Gasteiger partial charge on any atom is -0.342 e. The molecule has 7 rings (SSSR count). The Morgan fingerprint density at radius 2 is 2.00 bits per heavy atom. The summed E-state index contributed by atoms with van der Waals surface area (Å²) in [6.45, 7) is -0.679. The molecule has 43 heavy (non-hydrogen) atoms. The molecule has 3 aliphatic carbocycles. The van der Waals surface area contributed by atoms with Gasteiger partial charge in [0.05, 0.1) is 49.2 Å². The van der Waals surface area contributed by atoms with Crippen molar-refractivity contribution >= 4 is 17.6 Å². The van der Waals surface area contributed by atoms with Crippen molar-refractivity contribution in [3.8, 4) is 6.07 Å². The highest BCUT2D eigenvalue weighted by Crippen LogP contribution is 2.67. The summed E-state index contributed by atoms with van der Waals surface area (Å²) in [6, 6.07) is -1.44. The normalized spacial score (nSPS) is 27.4. The summed E-state index contributed by atoms with van der Waals surface area (Å²) in [5.74, 6) is -5.11. The van der Waals surface area contributed by atoms with Crippen molar-refractivity contribution in [2.45, 2.75) is 68.2 Å². The van der Waals surface area contributed by atoms with Gasteiger partial charge in [-0.3, -0.25) is 4.79 Å². The molecule has 12 nitrogen and oxygen atoms in total. The van der Waals surface area contributed by atoms with Gasteiger partial charge in [0.1, 0.15) is 11.7 Å². The molecule has 17 heteroatoms. The van der Waals surface area contributed by atoms with Crippen LogP contribution in [-0.2, 0) is 0 Å². The van der Waals surface area contributed by atoms with E-state index in [0.29, 0.717) is 11.4 Å². The van der Waals surface area contributed by atoms with Crippen LogP contribution in [0.3, 0.4) is 0 Å². The second-order valence-electron chi connectivity index (χ2n) is 11.7. The zero-order chi connectivity index (χ0) is 30.3. The zero-order valence-electron chi connectivity index (χ0n) is 22.3. The van der Waals surface area contributed by atoms with Gasteiger partial charge in [0.2, 0.25) is 0 Å². The van der Waals surface area contributed by atoms with Gasteiger partial charge in [0.25, 0.3) is 11.8 Å². The Balaban J connectivity index is 1.18. The molecular formula is C26H24F5N9O3. The predicted octanol–water partition coefficient (Wildman–Crippen LogP) is 3.66. The first-order valence-corrected chi connectivity index (χ1v) is 13.8. The number of rotatable bonds is 8. The highest BCUT2D eigenvalue weighted by Gasteiger charge is 2.72. The molecule has 1 saturated heterocycles. The molecule has 2 N–H and O–H groups in total. The minimum atomic E-state index is -4.66. The SMILES string of the molecule is N#CC[C@H](c1cnn2cc([C@@H](NC(=O)c3nonc3C3CC3)C3C[C@@H]4[C@H](C3)C4(F)F)nc2c1)N1C[C@@H](C(F)(F)F)NC1=O. The van der Waals surface area contributed by atoms with Crippen LogP contribution < -0.4 is 10.6 Å². The number of urea groups is 1. The summed E-state index contributed by atoms with van der Waals surface area (Å²) in [7, 11) is 0. The number of nitriles is 1. The van der Waals surface area contributed by atoms with E-state index < -0.39 is 60.5 Å². The number of nitrogens with one attached hydrogen (secondary N) is 2. The topological polar surface area (TPSA) is 154 Å². The van der Waals surface area contributed by atoms with Gasteiger partial charge >= 0.3 is 12.2 Å². The fourth-order valence-electron chi connectivity index (χ4n) is 6.49. The average molecular weight is 606 g/mol. The fourth-order valence-corrected chi connectivity index (χ4v) is 6.49. The van der Waals surface area contributed by atoms with E-state index in [0.717, 1.165) is 17.7 Å². The molecule has 0 spiro atoms. The number of alkyl halides is 5. The first-order chi connectivity index (χ1) is 20.5. The lowest BCUT2D eigenvalue weighted by molar-refractivity contribution is -0.150. The van der Waals surface area contributed by atoms with E-state index in [2.05, 4.69) is 25.7 Å². The molecule has 0 aromatic carbocycles. The molecule has 226 valence electrons. The molecule has 6 atom stereocenters. The summed E-state index contributed by atoms with van der Waals surface area (Å²) in [5.41, 5.74) is 1.34. The lowest BCUT2D eigenvalue weighted by atomic mass is 9.91. The standard InChI is InChI=1S/C26H24F5N9O3/c27-25(28)14-5-12(6-15(14)25)20(36-23(41)22-21(11-1-2-11)37-43-38-22)16-9-40-19(34-16)7-13(8-33-40)17(3-4-32)39-10-18(26(29,30)31)35-24(39)42/h7-9,11-12,14-15,17-18,20H,1-3,5-6,10H2,(H,35,42)(H,36,41)/t12?,14-,15+,17-,18+,20+/m1/s1. The van der Waals surface area contributed by atoms with Gasteiger partial charge < -0.3 is 15.5 Å². The van der Waals surface area contributed by atoms with Crippen LogP contribution in [0.1, 0.15) is 77.5 Å². The van der Waals surface area contributed by atoms with E-state index in [1.807, 2.05) is 11.4 Å². The van der Waals surface area contributed by atoms with Gasteiger partial charge in [-0.05, 0) is 48.4 Å². The second kappa shape index (κ2) is 9.58. The van der Waals surface area contributed by atoms with Crippen molar-refractivity contribution in [3.05, 3.63) is 41.1 Å². The summed E-state index contributed by atoms with van der Waals surface area (Å²) < 4.78 is 74.1. The average Bonchev–Trinajstić information content (AvgIpc) is 3.48. The Morgan fingerprint density at radius 1 is 1.26 bits per heavy atom. The molecule has 3 aromatic heterocycles. The van der Waals surface area contributed by atoms with Crippen LogP contribution in [0.15, 0.2) is 23.1 Å². The summed E-state index contributed by atoms with van der Waals surface area (Å²) in [6.07, 6.45) is -0.0338. The third-order valence-corrected chi connectivity index (χ3v) is 8.99. The van der Waals surface area contributed by atoms with Crippen LogP contribution in [0.2, 0.25) is 0 Å². The second-order valence-corrected chi connectivity index (χ2v) is 11.7. The van der Waals surface area contributed by atoms with Gasteiger partial charge in [-0.2, -0.15) is 23.5 Å². The van der Waals surface area contributed by atoms with Crippen molar-refractivity contribution in [1.29, 1.82) is 5.26 Å². The molecule has 0 radical (unpaired) electrons. The Hall–Kier alpha value is -4.36. The van der Waals surface area contributed by atoms with Gasteiger partial charge in [-0.15, -0.1) is 0 Å². The van der Waals surface area contributed by atoms with Crippen molar-refractivity contribution in [2.24, 2.45) is 17.8 Å². The molecule has 4 heterocycles. The van der Waals surface area contributed by atoms with Crippen LogP contribution in [0, 0.1) is 29.1 Å². The van der Waals surface area contributed by atoms with Gasteiger partial charge in [0, 0.05) is 17.8 Å². The van der Waals surface area contributed by atoms with Crippen LogP contribution in [0.4, 0.5) is 26.7 Å².